The molecule has 2 N–H and O–H groups in total. The molecular weight excluding hydrogens is 324 g/mol. The van der Waals surface area contributed by atoms with Crippen molar-refractivity contribution in [1.29, 1.82) is 0 Å². The van der Waals surface area contributed by atoms with E-state index >= 15 is 0 Å². The summed E-state index contributed by atoms with van der Waals surface area (Å²) in [6.45, 7) is 2.43. The maximum atomic E-state index is 12.6. The van der Waals surface area contributed by atoms with Crippen molar-refractivity contribution < 1.29 is 9.90 Å². The van der Waals surface area contributed by atoms with Crippen molar-refractivity contribution >= 4 is 23.2 Å². The highest BCUT2D eigenvalue weighted by Crippen LogP contribution is 2.45. The van der Waals surface area contributed by atoms with E-state index in [9.17, 15) is 9.90 Å². The summed E-state index contributed by atoms with van der Waals surface area (Å²) in [5.41, 5.74) is 2.71. The quantitative estimate of drug-likeness (QED) is 0.877. The first-order chi connectivity index (χ1) is 11.6. The first-order valence-electron chi connectivity index (χ1n) is 8.19. The third kappa shape index (κ3) is 2.46. The summed E-state index contributed by atoms with van der Waals surface area (Å²) in [5.74, 6) is 0.312. The van der Waals surface area contributed by atoms with Crippen molar-refractivity contribution in [1.82, 2.24) is 4.90 Å². The molecule has 0 aliphatic carbocycles. The second kappa shape index (κ2) is 5.80. The van der Waals surface area contributed by atoms with Gasteiger partial charge >= 0.3 is 0 Å². The van der Waals surface area contributed by atoms with E-state index in [1.165, 1.54) is 0 Å². The van der Waals surface area contributed by atoms with E-state index in [0.717, 1.165) is 49.3 Å². The van der Waals surface area contributed by atoms with E-state index in [1.54, 1.807) is 12.1 Å². The monoisotopic (exact) mass is 342 g/mol. The molecule has 24 heavy (non-hydrogen) atoms. The van der Waals surface area contributed by atoms with Gasteiger partial charge in [-0.1, -0.05) is 35.9 Å². The minimum absolute atomic E-state index is 0.131. The third-order valence-electron chi connectivity index (χ3n) is 5.27. The molecule has 2 aliphatic rings. The fourth-order valence-corrected chi connectivity index (χ4v) is 4.10. The summed E-state index contributed by atoms with van der Waals surface area (Å²) in [6, 6.07) is 13.1. The predicted molar refractivity (Wildman–Crippen MR) is 94.4 cm³/mol. The Morgan fingerprint density at radius 3 is 2.67 bits per heavy atom. The van der Waals surface area contributed by atoms with Crippen LogP contribution in [0.4, 0.5) is 5.69 Å². The van der Waals surface area contributed by atoms with Crippen LogP contribution in [0, 0.1) is 0 Å². The van der Waals surface area contributed by atoms with Gasteiger partial charge in [-0.2, -0.15) is 0 Å². The standard InChI is InChI=1S/C19H19ClN2O2/c20-16-11-14(23)6-5-13(16)12-22-9-7-19(8-10-22)15-3-1-2-4-17(15)21-18(19)24/h1-6,11,23H,7-10,12H2,(H,21,24). The Labute approximate surface area is 146 Å². The van der Waals surface area contributed by atoms with Gasteiger partial charge in [0.05, 0.1) is 5.41 Å². The van der Waals surface area contributed by atoms with E-state index in [4.69, 9.17) is 11.6 Å². The molecule has 0 bridgehead atoms. The summed E-state index contributed by atoms with van der Waals surface area (Å²) < 4.78 is 0. The highest BCUT2D eigenvalue weighted by atomic mass is 35.5. The maximum absolute atomic E-state index is 12.6. The Bertz CT molecular complexity index is 798. The number of phenolic OH excluding ortho intramolecular Hbond substituents is 1. The van der Waals surface area contributed by atoms with Gasteiger partial charge < -0.3 is 10.4 Å². The Hall–Kier alpha value is -2.04. The number of likely N-dealkylation sites (tertiary alicyclic amines) is 1. The summed E-state index contributed by atoms with van der Waals surface area (Å²) in [6.07, 6.45) is 1.62. The molecule has 2 aromatic carbocycles. The number of halogens is 1. The molecule has 0 aromatic heterocycles. The number of nitrogens with one attached hydrogen (secondary N) is 1. The Morgan fingerprint density at radius 2 is 1.92 bits per heavy atom. The zero-order chi connectivity index (χ0) is 16.7. The number of para-hydroxylation sites is 1. The molecule has 1 amide bonds. The molecular formula is C19H19ClN2O2. The number of fused-ring (bicyclic) bond motifs is 2. The Kier molecular flexibility index (Phi) is 3.74. The number of hydrogen-bond acceptors (Lipinski definition) is 3. The third-order valence-corrected chi connectivity index (χ3v) is 5.62. The largest absolute Gasteiger partial charge is 0.508 e. The van der Waals surface area contributed by atoms with Crippen LogP contribution in [0.3, 0.4) is 0 Å². The first kappa shape index (κ1) is 15.5. The summed E-state index contributed by atoms with van der Waals surface area (Å²) in [7, 11) is 0. The summed E-state index contributed by atoms with van der Waals surface area (Å²) in [5, 5.41) is 13.1. The number of aromatic hydroxyl groups is 1. The lowest BCUT2D eigenvalue weighted by Crippen LogP contribution is -2.46. The molecule has 4 nitrogen and oxygen atoms in total. The van der Waals surface area contributed by atoms with Crippen LogP contribution in [0.1, 0.15) is 24.0 Å². The van der Waals surface area contributed by atoms with Crippen LogP contribution < -0.4 is 5.32 Å². The van der Waals surface area contributed by atoms with E-state index in [1.807, 2.05) is 24.3 Å². The van der Waals surface area contributed by atoms with Crippen molar-refractivity contribution in [3.8, 4) is 5.75 Å². The summed E-state index contributed by atoms with van der Waals surface area (Å²) in [4.78, 5) is 14.9. The number of amides is 1. The van der Waals surface area contributed by atoms with Crippen molar-refractivity contribution in [3.05, 3.63) is 58.6 Å². The lowest BCUT2D eigenvalue weighted by molar-refractivity contribution is -0.122. The van der Waals surface area contributed by atoms with E-state index < -0.39 is 0 Å². The van der Waals surface area contributed by atoms with Gasteiger partial charge in [-0.05, 0) is 55.3 Å². The zero-order valence-corrected chi connectivity index (χ0v) is 14.0. The number of phenols is 1. The van der Waals surface area contributed by atoms with Crippen LogP contribution in [0.2, 0.25) is 5.02 Å². The van der Waals surface area contributed by atoms with E-state index in [2.05, 4.69) is 16.3 Å². The van der Waals surface area contributed by atoms with Gasteiger partial charge in [0.15, 0.2) is 0 Å². The minimum Gasteiger partial charge on any atom is -0.508 e. The lowest BCUT2D eigenvalue weighted by Gasteiger charge is -2.38. The molecule has 0 unspecified atom stereocenters. The second-order valence-corrected chi connectivity index (χ2v) is 7.04. The van der Waals surface area contributed by atoms with Gasteiger partial charge in [0.1, 0.15) is 5.75 Å². The number of anilines is 1. The highest BCUT2D eigenvalue weighted by Gasteiger charge is 2.48. The van der Waals surface area contributed by atoms with Crippen molar-refractivity contribution in [2.75, 3.05) is 18.4 Å². The van der Waals surface area contributed by atoms with Gasteiger partial charge in [-0.3, -0.25) is 9.69 Å². The molecule has 4 rings (SSSR count). The van der Waals surface area contributed by atoms with Crippen LogP contribution >= 0.6 is 11.6 Å². The molecule has 1 saturated heterocycles. The molecule has 0 radical (unpaired) electrons. The smallest absolute Gasteiger partial charge is 0.235 e. The van der Waals surface area contributed by atoms with E-state index in [-0.39, 0.29) is 17.1 Å². The molecule has 124 valence electrons. The zero-order valence-electron chi connectivity index (χ0n) is 13.3. The van der Waals surface area contributed by atoms with Crippen molar-refractivity contribution in [2.45, 2.75) is 24.8 Å². The number of rotatable bonds is 2. The summed E-state index contributed by atoms with van der Waals surface area (Å²) >= 11 is 6.21. The Balaban J connectivity index is 1.50. The molecule has 5 heteroatoms. The number of piperidine rings is 1. The molecule has 2 aliphatic heterocycles. The van der Waals surface area contributed by atoms with Gasteiger partial charge in [-0.15, -0.1) is 0 Å². The number of hydrogen-bond donors (Lipinski definition) is 2. The van der Waals surface area contributed by atoms with Gasteiger partial charge in [-0.25, -0.2) is 0 Å². The van der Waals surface area contributed by atoms with Crippen LogP contribution in [-0.4, -0.2) is 29.0 Å². The van der Waals surface area contributed by atoms with Crippen LogP contribution in [0.25, 0.3) is 0 Å². The van der Waals surface area contributed by atoms with Gasteiger partial charge in [0.2, 0.25) is 5.91 Å². The van der Waals surface area contributed by atoms with Crippen LogP contribution in [0.15, 0.2) is 42.5 Å². The average molecular weight is 343 g/mol. The van der Waals surface area contributed by atoms with Crippen molar-refractivity contribution in [2.24, 2.45) is 0 Å². The lowest BCUT2D eigenvalue weighted by atomic mass is 9.73. The molecule has 0 atom stereocenters. The average Bonchev–Trinajstić information content (AvgIpc) is 2.84. The number of nitrogens with zero attached hydrogens (tertiary/aromatic N) is 1. The van der Waals surface area contributed by atoms with Crippen molar-refractivity contribution in [3.63, 3.8) is 0 Å². The topological polar surface area (TPSA) is 52.6 Å². The number of carbonyl (C=O) groups is 1. The minimum atomic E-state index is -0.383. The normalized spacial score (nSPS) is 19.3. The molecule has 1 spiro atoms. The molecule has 1 fully saturated rings. The number of benzene rings is 2. The molecule has 2 aromatic rings. The Morgan fingerprint density at radius 1 is 1.17 bits per heavy atom. The van der Waals surface area contributed by atoms with Crippen LogP contribution in [0.5, 0.6) is 5.75 Å². The SMILES string of the molecule is O=C1Nc2ccccc2C12CCN(Cc1ccc(O)cc1Cl)CC2. The van der Waals surface area contributed by atoms with Crippen LogP contribution in [-0.2, 0) is 16.8 Å². The second-order valence-electron chi connectivity index (χ2n) is 6.63. The predicted octanol–water partition coefficient (Wildman–Crippen LogP) is 3.53. The first-order valence-corrected chi connectivity index (χ1v) is 8.57. The molecule has 2 heterocycles. The van der Waals surface area contributed by atoms with Gasteiger partial charge in [0.25, 0.3) is 0 Å². The molecule has 0 saturated carbocycles. The maximum Gasteiger partial charge on any atom is 0.235 e. The van der Waals surface area contributed by atoms with Gasteiger partial charge in [0, 0.05) is 17.3 Å². The highest BCUT2D eigenvalue weighted by molar-refractivity contribution is 6.31. The fourth-order valence-electron chi connectivity index (χ4n) is 3.87. The fraction of sp³-hybridized carbons (Fsp3) is 0.316. The number of carbonyl (C=O) groups excluding carboxylic acids is 1. The van der Waals surface area contributed by atoms with E-state index in [0.29, 0.717) is 5.02 Å².